The number of hydrogen-bond acceptors (Lipinski definition) is 4. The molecule has 0 heterocycles. The van der Waals surface area contributed by atoms with E-state index < -0.39 is 0 Å². The van der Waals surface area contributed by atoms with Gasteiger partial charge in [-0.25, -0.2) is 4.79 Å². The summed E-state index contributed by atoms with van der Waals surface area (Å²) in [6, 6.07) is 14.9. The standard InChI is InChI=1S/C37H56O4/c1-4-5-6-7-8-9-10-11-12-13-14-15-16-17-18-19-20-36(38)41-35-27-25-33(26-28-35)32-21-23-34(24-22-32)37(39)40-30-29-31(2)3/h21-28,31H,4-20,29-30H2,1-3H3. The van der Waals surface area contributed by atoms with Crippen LogP contribution >= 0.6 is 0 Å². The number of rotatable bonds is 23. The van der Waals surface area contributed by atoms with Crippen LogP contribution in [0.3, 0.4) is 0 Å². The number of carbonyl (C=O) groups excluding carboxylic acids is 2. The summed E-state index contributed by atoms with van der Waals surface area (Å²) in [6.45, 7) is 6.94. The Labute approximate surface area is 250 Å². The second-order valence-corrected chi connectivity index (χ2v) is 11.9. The summed E-state index contributed by atoms with van der Waals surface area (Å²) in [5.74, 6) is 0.624. The molecule has 0 amide bonds. The molecule has 2 rings (SSSR count). The van der Waals surface area contributed by atoms with Crippen molar-refractivity contribution in [1.82, 2.24) is 0 Å². The van der Waals surface area contributed by atoms with E-state index in [1.165, 1.54) is 89.9 Å². The van der Waals surface area contributed by atoms with Gasteiger partial charge < -0.3 is 9.47 Å². The van der Waals surface area contributed by atoms with Crippen molar-refractivity contribution in [2.45, 2.75) is 136 Å². The number of hydrogen-bond donors (Lipinski definition) is 0. The molecule has 0 spiro atoms. The first-order valence-electron chi connectivity index (χ1n) is 16.6. The highest BCUT2D eigenvalue weighted by molar-refractivity contribution is 5.90. The smallest absolute Gasteiger partial charge is 0.338 e. The van der Waals surface area contributed by atoms with E-state index in [1.807, 2.05) is 36.4 Å². The van der Waals surface area contributed by atoms with Gasteiger partial charge in [-0.1, -0.05) is 141 Å². The number of carbonyl (C=O) groups is 2. The highest BCUT2D eigenvalue weighted by Gasteiger charge is 2.09. The molecule has 0 bridgehead atoms. The highest BCUT2D eigenvalue weighted by atomic mass is 16.5. The van der Waals surface area contributed by atoms with E-state index in [1.54, 1.807) is 12.1 Å². The summed E-state index contributed by atoms with van der Waals surface area (Å²) in [4.78, 5) is 24.4. The van der Waals surface area contributed by atoms with Crippen LogP contribution in [0.5, 0.6) is 5.75 Å². The fourth-order valence-electron chi connectivity index (χ4n) is 4.98. The Morgan fingerprint density at radius 1 is 0.610 bits per heavy atom. The predicted molar refractivity (Wildman–Crippen MR) is 171 cm³/mol. The molecule has 0 aromatic heterocycles. The van der Waals surface area contributed by atoms with E-state index in [-0.39, 0.29) is 11.9 Å². The molecule has 4 nitrogen and oxygen atoms in total. The zero-order valence-electron chi connectivity index (χ0n) is 26.3. The molecular weight excluding hydrogens is 508 g/mol. The summed E-state index contributed by atoms with van der Waals surface area (Å²) in [6.07, 6.45) is 22.5. The molecule has 0 aliphatic rings. The minimum Gasteiger partial charge on any atom is -0.462 e. The van der Waals surface area contributed by atoms with Gasteiger partial charge in [-0.15, -0.1) is 0 Å². The fraction of sp³-hybridized carbons (Fsp3) is 0.622. The van der Waals surface area contributed by atoms with Crippen molar-refractivity contribution in [3.63, 3.8) is 0 Å². The lowest BCUT2D eigenvalue weighted by atomic mass is 10.0. The second kappa shape index (κ2) is 22.0. The molecule has 0 saturated carbocycles. The average Bonchev–Trinajstić information content (AvgIpc) is 2.97. The molecule has 0 atom stereocenters. The first-order chi connectivity index (χ1) is 20.0. The third-order valence-corrected chi connectivity index (χ3v) is 7.70. The summed E-state index contributed by atoms with van der Waals surface area (Å²) in [5, 5.41) is 0. The number of unbranched alkanes of at least 4 members (excludes halogenated alkanes) is 15. The van der Waals surface area contributed by atoms with Crippen molar-refractivity contribution in [1.29, 1.82) is 0 Å². The van der Waals surface area contributed by atoms with Gasteiger partial charge >= 0.3 is 11.9 Å². The van der Waals surface area contributed by atoms with Crippen LogP contribution in [0, 0.1) is 5.92 Å². The molecule has 0 radical (unpaired) electrons. The van der Waals surface area contributed by atoms with Gasteiger partial charge in [0.25, 0.3) is 0 Å². The highest BCUT2D eigenvalue weighted by Crippen LogP contribution is 2.24. The minimum atomic E-state index is -0.288. The molecule has 0 aliphatic heterocycles. The lowest BCUT2D eigenvalue weighted by molar-refractivity contribution is -0.134. The molecule has 0 saturated heterocycles. The van der Waals surface area contributed by atoms with E-state index in [4.69, 9.17) is 9.47 Å². The van der Waals surface area contributed by atoms with Crippen LogP contribution in [0.4, 0.5) is 0 Å². The SMILES string of the molecule is CCCCCCCCCCCCCCCCCCC(=O)Oc1ccc(-c2ccc(C(=O)OCCC(C)C)cc2)cc1. The second-order valence-electron chi connectivity index (χ2n) is 11.9. The summed E-state index contributed by atoms with van der Waals surface area (Å²) in [5.41, 5.74) is 2.55. The predicted octanol–water partition coefficient (Wildman–Crippen LogP) is 11.1. The molecule has 228 valence electrons. The Bertz CT molecular complexity index is 946. The van der Waals surface area contributed by atoms with Gasteiger partial charge in [-0.3, -0.25) is 4.79 Å². The van der Waals surface area contributed by atoms with E-state index in [0.717, 1.165) is 30.4 Å². The Kier molecular flexibility index (Phi) is 18.6. The molecule has 0 N–H and O–H groups in total. The summed E-state index contributed by atoms with van der Waals surface area (Å²) in [7, 11) is 0. The van der Waals surface area contributed by atoms with Crippen LogP contribution in [0.1, 0.15) is 147 Å². The van der Waals surface area contributed by atoms with Gasteiger partial charge in [0.15, 0.2) is 0 Å². The van der Waals surface area contributed by atoms with Crippen molar-refractivity contribution in [2.75, 3.05) is 6.61 Å². The average molecular weight is 565 g/mol. The largest absolute Gasteiger partial charge is 0.462 e. The number of ether oxygens (including phenoxy) is 2. The maximum absolute atomic E-state index is 12.3. The zero-order valence-corrected chi connectivity index (χ0v) is 26.3. The molecule has 2 aromatic carbocycles. The third-order valence-electron chi connectivity index (χ3n) is 7.70. The molecule has 2 aromatic rings. The third kappa shape index (κ3) is 16.4. The lowest BCUT2D eigenvalue weighted by Gasteiger charge is -2.08. The zero-order chi connectivity index (χ0) is 29.5. The van der Waals surface area contributed by atoms with Crippen molar-refractivity contribution in [3.8, 4) is 16.9 Å². The van der Waals surface area contributed by atoms with Crippen LogP contribution in [-0.4, -0.2) is 18.5 Å². The van der Waals surface area contributed by atoms with Crippen LogP contribution in [0.2, 0.25) is 0 Å². The van der Waals surface area contributed by atoms with E-state index in [9.17, 15) is 9.59 Å². The molecule has 41 heavy (non-hydrogen) atoms. The first-order valence-corrected chi connectivity index (χ1v) is 16.6. The number of benzene rings is 2. The molecule has 0 fully saturated rings. The summed E-state index contributed by atoms with van der Waals surface area (Å²) >= 11 is 0. The van der Waals surface area contributed by atoms with Gasteiger partial charge in [-0.2, -0.15) is 0 Å². The minimum absolute atomic E-state index is 0.163. The maximum atomic E-state index is 12.3. The monoisotopic (exact) mass is 564 g/mol. The normalized spacial score (nSPS) is 11.1. The maximum Gasteiger partial charge on any atom is 0.338 e. The van der Waals surface area contributed by atoms with Crippen molar-refractivity contribution in [3.05, 3.63) is 54.1 Å². The molecule has 4 heteroatoms. The van der Waals surface area contributed by atoms with E-state index in [2.05, 4.69) is 20.8 Å². The quantitative estimate of drug-likeness (QED) is 0.0765. The Balaban J connectivity index is 1.51. The fourth-order valence-corrected chi connectivity index (χ4v) is 4.98. The molecular formula is C37H56O4. The van der Waals surface area contributed by atoms with Crippen molar-refractivity contribution >= 4 is 11.9 Å². The lowest BCUT2D eigenvalue weighted by Crippen LogP contribution is -2.08. The molecule has 0 unspecified atom stereocenters. The van der Waals surface area contributed by atoms with Gasteiger partial charge in [0.1, 0.15) is 5.75 Å². The Morgan fingerprint density at radius 3 is 1.51 bits per heavy atom. The van der Waals surface area contributed by atoms with Gasteiger partial charge in [-0.05, 0) is 54.2 Å². The van der Waals surface area contributed by atoms with E-state index in [0.29, 0.717) is 30.3 Å². The van der Waals surface area contributed by atoms with Crippen LogP contribution in [0.15, 0.2) is 48.5 Å². The van der Waals surface area contributed by atoms with Crippen LogP contribution < -0.4 is 4.74 Å². The number of esters is 2. The first kappa shape index (κ1) is 34.6. The van der Waals surface area contributed by atoms with Crippen molar-refractivity contribution < 1.29 is 19.1 Å². The van der Waals surface area contributed by atoms with Crippen LogP contribution in [0.25, 0.3) is 11.1 Å². The van der Waals surface area contributed by atoms with Gasteiger partial charge in [0, 0.05) is 6.42 Å². The topological polar surface area (TPSA) is 52.6 Å². The Hall–Kier alpha value is -2.62. The van der Waals surface area contributed by atoms with Gasteiger partial charge in [0.05, 0.1) is 12.2 Å². The van der Waals surface area contributed by atoms with Gasteiger partial charge in [0.2, 0.25) is 0 Å². The van der Waals surface area contributed by atoms with E-state index >= 15 is 0 Å². The van der Waals surface area contributed by atoms with Crippen molar-refractivity contribution in [2.24, 2.45) is 5.92 Å². The molecule has 0 aliphatic carbocycles. The van der Waals surface area contributed by atoms with Crippen LogP contribution in [-0.2, 0) is 9.53 Å². The Morgan fingerprint density at radius 2 is 1.05 bits per heavy atom. The summed E-state index contributed by atoms with van der Waals surface area (Å²) < 4.78 is 10.9.